The number of aromatic carboxylic acids is 1. The summed E-state index contributed by atoms with van der Waals surface area (Å²) in [6.45, 7) is 1.70. The lowest BCUT2D eigenvalue weighted by Crippen LogP contribution is -2.16. The molecule has 2 aromatic carbocycles. The van der Waals surface area contributed by atoms with Crippen LogP contribution in [-0.2, 0) is 0 Å². The van der Waals surface area contributed by atoms with E-state index >= 15 is 0 Å². The number of hydrogen-bond donors (Lipinski definition) is 3. The van der Waals surface area contributed by atoms with Gasteiger partial charge in [-0.25, -0.2) is 4.79 Å². The minimum atomic E-state index is -1.15. The van der Waals surface area contributed by atoms with Crippen molar-refractivity contribution in [1.82, 2.24) is 0 Å². The Morgan fingerprint density at radius 1 is 1.05 bits per heavy atom. The Morgan fingerprint density at radius 2 is 1.70 bits per heavy atom. The maximum absolute atomic E-state index is 12.1. The van der Waals surface area contributed by atoms with E-state index in [9.17, 15) is 14.7 Å². The number of amides is 1. The summed E-state index contributed by atoms with van der Waals surface area (Å²) >= 11 is 0. The molecule has 0 aliphatic heterocycles. The lowest BCUT2D eigenvalue weighted by molar-refractivity contribution is 0.0692. The van der Waals surface area contributed by atoms with Gasteiger partial charge >= 0.3 is 5.97 Å². The summed E-state index contributed by atoms with van der Waals surface area (Å²) in [5.41, 5.74) is 1.14. The zero-order valence-corrected chi connectivity index (χ0v) is 10.8. The van der Waals surface area contributed by atoms with E-state index in [1.807, 2.05) is 0 Å². The predicted molar refractivity (Wildman–Crippen MR) is 74.2 cm³/mol. The molecule has 0 bridgehead atoms. The van der Waals surface area contributed by atoms with E-state index in [0.29, 0.717) is 11.3 Å². The van der Waals surface area contributed by atoms with Crippen molar-refractivity contribution in [3.63, 3.8) is 0 Å². The quantitative estimate of drug-likeness (QED) is 0.749. The number of phenols is 1. The summed E-state index contributed by atoms with van der Waals surface area (Å²) in [6, 6.07) is 10.6. The average Bonchev–Trinajstić information content (AvgIpc) is 2.43. The van der Waals surface area contributed by atoms with Crippen LogP contribution in [0.4, 0.5) is 5.69 Å². The summed E-state index contributed by atoms with van der Waals surface area (Å²) in [5.74, 6) is -1.53. The molecule has 0 unspecified atom stereocenters. The van der Waals surface area contributed by atoms with Crippen molar-refractivity contribution < 1.29 is 19.8 Å². The second kappa shape index (κ2) is 5.44. The number of carbonyl (C=O) groups excluding carboxylic acids is 1. The molecule has 0 atom stereocenters. The van der Waals surface area contributed by atoms with Crippen molar-refractivity contribution in [2.75, 3.05) is 5.32 Å². The van der Waals surface area contributed by atoms with Crippen LogP contribution >= 0.6 is 0 Å². The first-order valence-corrected chi connectivity index (χ1v) is 5.92. The molecule has 2 rings (SSSR count). The number of phenolic OH excluding ortho intramolecular Hbond substituents is 1. The Morgan fingerprint density at radius 3 is 2.30 bits per heavy atom. The molecule has 20 heavy (non-hydrogen) atoms. The lowest BCUT2D eigenvalue weighted by atomic mass is 10.1. The number of carbonyl (C=O) groups is 2. The Bertz CT molecular complexity index is 679. The highest BCUT2D eigenvalue weighted by molar-refractivity contribution is 6.10. The van der Waals surface area contributed by atoms with Gasteiger partial charge in [0.05, 0.1) is 11.1 Å². The molecule has 0 aliphatic carbocycles. The molecule has 2 aromatic rings. The summed E-state index contributed by atoms with van der Waals surface area (Å²) in [7, 11) is 0. The van der Waals surface area contributed by atoms with Crippen LogP contribution in [0.5, 0.6) is 5.75 Å². The van der Waals surface area contributed by atoms with Gasteiger partial charge in [-0.3, -0.25) is 4.79 Å². The molecule has 0 radical (unpaired) electrons. The third-order valence-corrected chi connectivity index (χ3v) is 2.86. The number of anilines is 1. The third kappa shape index (κ3) is 2.77. The minimum Gasteiger partial charge on any atom is -0.508 e. The maximum atomic E-state index is 12.1. The fourth-order valence-corrected chi connectivity index (χ4v) is 1.80. The van der Waals surface area contributed by atoms with Crippen LogP contribution in [0, 0.1) is 6.92 Å². The highest BCUT2D eigenvalue weighted by Crippen LogP contribution is 2.21. The van der Waals surface area contributed by atoms with Gasteiger partial charge in [0.2, 0.25) is 0 Å². The van der Waals surface area contributed by atoms with Gasteiger partial charge in [-0.2, -0.15) is 0 Å². The summed E-state index contributed by atoms with van der Waals surface area (Å²) in [6.07, 6.45) is 0. The number of hydrogen-bond acceptors (Lipinski definition) is 3. The standard InChI is InChI=1S/C15H13NO4/c1-9-8-10(6-7-13(9)17)16-14(18)11-4-2-3-5-12(11)15(19)20/h2-8,17H,1H3,(H,16,18)(H,19,20). The Hall–Kier alpha value is -2.82. The van der Waals surface area contributed by atoms with Crippen molar-refractivity contribution in [2.24, 2.45) is 0 Å². The second-order valence-electron chi connectivity index (χ2n) is 4.31. The highest BCUT2D eigenvalue weighted by Gasteiger charge is 2.15. The van der Waals surface area contributed by atoms with Crippen molar-refractivity contribution >= 4 is 17.6 Å². The van der Waals surface area contributed by atoms with Gasteiger partial charge < -0.3 is 15.5 Å². The van der Waals surface area contributed by atoms with E-state index < -0.39 is 11.9 Å². The van der Waals surface area contributed by atoms with Gasteiger partial charge in [-0.15, -0.1) is 0 Å². The third-order valence-electron chi connectivity index (χ3n) is 2.86. The summed E-state index contributed by atoms with van der Waals surface area (Å²) < 4.78 is 0. The van der Waals surface area contributed by atoms with Gasteiger partial charge in [0.25, 0.3) is 5.91 Å². The van der Waals surface area contributed by atoms with Crippen LogP contribution in [-0.4, -0.2) is 22.1 Å². The first-order chi connectivity index (χ1) is 9.49. The molecule has 0 spiro atoms. The van der Waals surface area contributed by atoms with E-state index in [1.165, 1.54) is 18.2 Å². The predicted octanol–water partition coefficient (Wildman–Crippen LogP) is 2.65. The van der Waals surface area contributed by atoms with Gasteiger partial charge in [0, 0.05) is 5.69 Å². The van der Waals surface area contributed by atoms with Crippen LogP contribution in [0.3, 0.4) is 0 Å². The molecule has 0 heterocycles. The molecule has 0 aromatic heterocycles. The van der Waals surface area contributed by atoms with Crippen LogP contribution < -0.4 is 5.32 Å². The molecule has 1 amide bonds. The molecule has 3 N–H and O–H groups in total. The van der Waals surface area contributed by atoms with Crippen molar-refractivity contribution in [3.05, 3.63) is 59.2 Å². The first kappa shape index (κ1) is 13.6. The van der Waals surface area contributed by atoms with Crippen LogP contribution in [0.1, 0.15) is 26.3 Å². The molecular formula is C15H13NO4. The van der Waals surface area contributed by atoms with Crippen molar-refractivity contribution in [2.45, 2.75) is 6.92 Å². The Kier molecular flexibility index (Phi) is 3.70. The van der Waals surface area contributed by atoms with E-state index in [1.54, 1.807) is 31.2 Å². The molecule has 0 fully saturated rings. The molecule has 5 nitrogen and oxygen atoms in total. The highest BCUT2D eigenvalue weighted by atomic mass is 16.4. The summed E-state index contributed by atoms with van der Waals surface area (Å²) in [5, 5.41) is 21.1. The van der Waals surface area contributed by atoms with Gasteiger partial charge in [0.1, 0.15) is 5.75 Å². The van der Waals surface area contributed by atoms with Gasteiger partial charge in [0.15, 0.2) is 0 Å². The molecule has 102 valence electrons. The van der Waals surface area contributed by atoms with Crippen molar-refractivity contribution in [1.29, 1.82) is 0 Å². The SMILES string of the molecule is Cc1cc(NC(=O)c2ccccc2C(=O)O)ccc1O. The molecule has 0 saturated carbocycles. The number of benzene rings is 2. The van der Waals surface area contributed by atoms with Crippen LogP contribution in [0.15, 0.2) is 42.5 Å². The maximum Gasteiger partial charge on any atom is 0.336 e. The topological polar surface area (TPSA) is 86.6 Å². The number of nitrogens with one attached hydrogen (secondary N) is 1. The summed E-state index contributed by atoms with van der Waals surface area (Å²) in [4.78, 5) is 23.2. The fraction of sp³-hybridized carbons (Fsp3) is 0.0667. The second-order valence-corrected chi connectivity index (χ2v) is 4.31. The zero-order chi connectivity index (χ0) is 14.7. The van der Waals surface area contributed by atoms with Crippen LogP contribution in [0.2, 0.25) is 0 Å². The van der Waals surface area contributed by atoms with Crippen LogP contribution in [0.25, 0.3) is 0 Å². The largest absolute Gasteiger partial charge is 0.508 e. The van der Waals surface area contributed by atoms with Gasteiger partial charge in [-0.1, -0.05) is 12.1 Å². The average molecular weight is 271 g/mol. The number of rotatable bonds is 3. The smallest absolute Gasteiger partial charge is 0.336 e. The normalized spacial score (nSPS) is 10.1. The fourth-order valence-electron chi connectivity index (χ4n) is 1.80. The number of carboxylic acid groups (broad SMARTS) is 1. The monoisotopic (exact) mass is 271 g/mol. The molecule has 0 aliphatic rings. The molecule has 5 heteroatoms. The van der Waals surface area contributed by atoms with E-state index in [0.717, 1.165) is 0 Å². The number of aryl methyl sites for hydroxylation is 1. The number of aromatic hydroxyl groups is 1. The Balaban J connectivity index is 2.28. The minimum absolute atomic E-state index is 0.0551. The Labute approximate surface area is 115 Å². The first-order valence-electron chi connectivity index (χ1n) is 5.92. The van der Waals surface area contributed by atoms with E-state index in [2.05, 4.69) is 5.32 Å². The van der Waals surface area contributed by atoms with E-state index in [4.69, 9.17) is 5.11 Å². The zero-order valence-electron chi connectivity index (χ0n) is 10.8. The molecular weight excluding hydrogens is 258 g/mol. The van der Waals surface area contributed by atoms with Gasteiger partial charge in [-0.05, 0) is 42.8 Å². The molecule has 0 saturated heterocycles. The lowest BCUT2D eigenvalue weighted by Gasteiger charge is -2.09. The van der Waals surface area contributed by atoms with E-state index in [-0.39, 0.29) is 16.9 Å². The van der Waals surface area contributed by atoms with Crippen molar-refractivity contribution in [3.8, 4) is 5.75 Å². The number of carboxylic acids is 1.